The van der Waals surface area contributed by atoms with Crippen molar-refractivity contribution in [2.24, 2.45) is 5.73 Å². The molecule has 0 aromatic heterocycles. The molecule has 1 heterocycles. The van der Waals surface area contributed by atoms with E-state index in [4.69, 9.17) is 5.73 Å². The number of amides is 1. The third-order valence-electron chi connectivity index (χ3n) is 4.05. The summed E-state index contributed by atoms with van der Waals surface area (Å²) in [6.45, 7) is 7.08. The van der Waals surface area contributed by atoms with Gasteiger partial charge in [-0.25, -0.2) is 0 Å². The fourth-order valence-corrected chi connectivity index (χ4v) is 2.62. The zero-order valence-electron chi connectivity index (χ0n) is 12.4. The van der Waals surface area contributed by atoms with Crippen molar-refractivity contribution < 1.29 is 4.79 Å². The van der Waals surface area contributed by atoms with Gasteiger partial charge >= 0.3 is 0 Å². The van der Waals surface area contributed by atoms with E-state index in [2.05, 4.69) is 24.1 Å². The molecule has 0 radical (unpaired) electrons. The van der Waals surface area contributed by atoms with Crippen LogP contribution in [0.4, 0.5) is 0 Å². The van der Waals surface area contributed by atoms with E-state index in [9.17, 15) is 4.79 Å². The van der Waals surface area contributed by atoms with Crippen LogP contribution in [0.25, 0.3) is 0 Å². The Morgan fingerprint density at radius 2 is 1.90 bits per heavy atom. The monoisotopic (exact) mass is 275 g/mol. The molecule has 1 saturated heterocycles. The minimum absolute atomic E-state index is 0.0246. The summed E-state index contributed by atoms with van der Waals surface area (Å²) in [6, 6.07) is 8.41. The molecule has 20 heavy (non-hydrogen) atoms. The van der Waals surface area contributed by atoms with E-state index in [0.29, 0.717) is 24.2 Å². The van der Waals surface area contributed by atoms with Gasteiger partial charge in [-0.3, -0.25) is 4.79 Å². The maximum absolute atomic E-state index is 12.2. The second kappa shape index (κ2) is 6.86. The van der Waals surface area contributed by atoms with Crippen molar-refractivity contribution in [3.8, 4) is 0 Å². The number of nitrogens with two attached hydrogens (primary N) is 1. The van der Waals surface area contributed by atoms with E-state index in [1.807, 2.05) is 24.3 Å². The van der Waals surface area contributed by atoms with Gasteiger partial charge in [0.25, 0.3) is 5.91 Å². The number of hydrogen-bond acceptors (Lipinski definition) is 3. The van der Waals surface area contributed by atoms with Gasteiger partial charge in [0.1, 0.15) is 0 Å². The molecule has 0 unspecified atom stereocenters. The molecule has 1 aliphatic rings. The second-order valence-electron chi connectivity index (χ2n) is 5.78. The van der Waals surface area contributed by atoms with Gasteiger partial charge in [0.05, 0.1) is 0 Å². The van der Waals surface area contributed by atoms with Crippen molar-refractivity contribution in [1.29, 1.82) is 0 Å². The summed E-state index contributed by atoms with van der Waals surface area (Å²) in [4.78, 5) is 14.6. The summed E-state index contributed by atoms with van der Waals surface area (Å²) in [6.07, 6.45) is 2.07. The maximum atomic E-state index is 12.2. The molecule has 1 fully saturated rings. The van der Waals surface area contributed by atoms with E-state index in [0.717, 1.165) is 31.5 Å². The van der Waals surface area contributed by atoms with Gasteiger partial charge in [-0.05, 0) is 44.4 Å². The number of rotatable bonds is 4. The fourth-order valence-electron chi connectivity index (χ4n) is 2.62. The number of piperidine rings is 1. The first-order valence-corrected chi connectivity index (χ1v) is 7.44. The van der Waals surface area contributed by atoms with Crippen molar-refractivity contribution >= 4 is 5.91 Å². The van der Waals surface area contributed by atoms with Crippen LogP contribution in [0.15, 0.2) is 24.3 Å². The van der Waals surface area contributed by atoms with Crippen LogP contribution in [0, 0.1) is 0 Å². The van der Waals surface area contributed by atoms with Crippen LogP contribution in [0.5, 0.6) is 0 Å². The van der Waals surface area contributed by atoms with Crippen molar-refractivity contribution in [2.45, 2.75) is 45.3 Å². The molecule has 0 atom stereocenters. The Labute approximate surface area is 121 Å². The van der Waals surface area contributed by atoms with Crippen LogP contribution < -0.4 is 11.1 Å². The Morgan fingerprint density at radius 1 is 1.30 bits per heavy atom. The van der Waals surface area contributed by atoms with Gasteiger partial charge in [0.2, 0.25) is 0 Å². The molecule has 3 N–H and O–H groups in total. The molecular weight excluding hydrogens is 250 g/mol. The molecule has 0 saturated carbocycles. The molecule has 110 valence electrons. The number of likely N-dealkylation sites (tertiary alicyclic amines) is 1. The molecule has 1 aliphatic heterocycles. The summed E-state index contributed by atoms with van der Waals surface area (Å²) in [5, 5.41) is 3.14. The Morgan fingerprint density at radius 3 is 2.40 bits per heavy atom. The van der Waals surface area contributed by atoms with Gasteiger partial charge in [0.15, 0.2) is 0 Å². The Bertz CT molecular complexity index is 434. The predicted molar refractivity (Wildman–Crippen MR) is 81.5 cm³/mol. The molecule has 0 bridgehead atoms. The number of carbonyl (C=O) groups is 1. The quantitative estimate of drug-likeness (QED) is 0.880. The summed E-state index contributed by atoms with van der Waals surface area (Å²) in [7, 11) is 0. The number of benzene rings is 1. The van der Waals surface area contributed by atoms with Gasteiger partial charge in [-0.15, -0.1) is 0 Å². The Balaban J connectivity index is 1.85. The molecule has 4 heteroatoms. The highest BCUT2D eigenvalue weighted by molar-refractivity contribution is 5.94. The molecule has 0 aliphatic carbocycles. The summed E-state index contributed by atoms with van der Waals surface area (Å²) in [5.41, 5.74) is 7.32. The SMILES string of the molecule is CC(C)N1CCC(NC(=O)c2ccc(CN)cc2)CC1. The van der Waals surface area contributed by atoms with Gasteiger partial charge < -0.3 is 16.0 Å². The maximum Gasteiger partial charge on any atom is 0.251 e. The van der Waals surface area contributed by atoms with Crippen molar-refractivity contribution in [3.05, 3.63) is 35.4 Å². The van der Waals surface area contributed by atoms with Crippen molar-refractivity contribution in [1.82, 2.24) is 10.2 Å². The molecule has 1 aromatic carbocycles. The van der Waals surface area contributed by atoms with E-state index in [-0.39, 0.29) is 5.91 Å². The molecule has 1 amide bonds. The Kier molecular flexibility index (Phi) is 5.15. The normalized spacial score (nSPS) is 17.4. The highest BCUT2D eigenvalue weighted by Gasteiger charge is 2.22. The summed E-state index contributed by atoms with van der Waals surface area (Å²) in [5.74, 6) is 0.0246. The molecule has 4 nitrogen and oxygen atoms in total. The standard InChI is InChI=1S/C16H25N3O/c1-12(2)19-9-7-15(8-10-19)18-16(20)14-5-3-13(11-17)4-6-14/h3-6,12,15H,7-11,17H2,1-2H3,(H,18,20). The summed E-state index contributed by atoms with van der Waals surface area (Å²) < 4.78 is 0. The van der Waals surface area contributed by atoms with Gasteiger partial charge in [-0.2, -0.15) is 0 Å². The van der Waals surface area contributed by atoms with Gasteiger partial charge in [-0.1, -0.05) is 12.1 Å². The average molecular weight is 275 g/mol. The second-order valence-corrected chi connectivity index (χ2v) is 5.78. The lowest BCUT2D eigenvalue weighted by Crippen LogP contribution is -2.46. The molecule has 1 aromatic rings. The Hall–Kier alpha value is -1.39. The average Bonchev–Trinajstić information content (AvgIpc) is 2.48. The van der Waals surface area contributed by atoms with Crippen molar-refractivity contribution in [3.63, 3.8) is 0 Å². The van der Waals surface area contributed by atoms with E-state index >= 15 is 0 Å². The third-order valence-corrected chi connectivity index (χ3v) is 4.05. The topological polar surface area (TPSA) is 58.4 Å². The first kappa shape index (κ1) is 15.0. The number of nitrogens with one attached hydrogen (secondary N) is 1. The number of nitrogens with zero attached hydrogens (tertiary/aromatic N) is 1. The lowest BCUT2D eigenvalue weighted by molar-refractivity contribution is 0.0900. The lowest BCUT2D eigenvalue weighted by atomic mass is 10.0. The van der Waals surface area contributed by atoms with E-state index < -0.39 is 0 Å². The third kappa shape index (κ3) is 3.81. The predicted octanol–water partition coefficient (Wildman–Crippen LogP) is 1.75. The first-order chi connectivity index (χ1) is 9.60. The van der Waals surface area contributed by atoms with Crippen LogP contribution in [0.3, 0.4) is 0 Å². The molecule has 0 spiro atoms. The van der Waals surface area contributed by atoms with Crippen LogP contribution in [-0.4, -0.2) is 36.0 Å². The highest BCUT2D eigenvalue weighted by Crippen LogP contribution is 2.14. The minimum atomic E-state index is 0.0246. The lowest BCUT2D eigenvalue weighted by Gasteiger charge is -2.34. The fraction of sp³-hybridized carbons (Fsp3) is 0.562. The van der Waals surface area contributed by atoms with E-state index in [1.165, 1.54) is 0 Å². The largest absolute Gasteiger partial charge is 0.349 e. The zero-order valence-corrected chi connectivity index (χ0v) is 12.4. The van der Waals surface area contributed by atoms with Crippen LogP contribution in [0.1, 0.15) is 42.6 Å². The van der Waals surface area contributed by atoms with Crippen LogP contribution in [-0.2, 0) is 6.54 Å². The smallest absolute Gasteiger partial charge is 0.251 e. The zero-order chi connectivity index (χ0) is 14.5. The molecular formula is C16H25N3O. The van der Waals surface area contributed by atoms with Gasteiger partial charge in [0, 0.05) is 37.3 Å². The first-order valence-electron chi connectivity index (χ1n) is 7.44. The number of carbonyl (C=O) groups excluding carboxylic acids is 1. The summed E-state index contributed by atoms with van der Waals surface area (Å²) >= 11 is 0. The minimum Gasteiger partial charge on any atom is -0.349 e. The van der Waals surface area contributed by atoms with Crippen molar-refractivity contribution in [2.75, 3.05) is 13.1 Å². The molecule has 2 rings (SSSR count). The van der Waals surface area contributed by atoms with Crippen LogP contribution >= 0.6 is 0 Å². The van der Waals surface area contributed by atoms with E-state index in [1.54, 1.807) is 0 Å². The van der Waals surface area contributed by atoms with Crippen LogP contribution in [0.2, 0.25) is 0 Å². The highest BCUT2D eigenvalue weighted by atomic mass is 16.1. The number of hydrogen-bond donors (Lipinski definition) is 2.